The first-order chi connectivity index (χ1) is 8.02. The lowest BCUT2D eigenvalue weighted by Gasteiger charge is -2.11. The van der Waals surface area contributed by atoms with Gasteiger partial charge in [-0.3, -0.25) is 4.79 Å². The summed E-state index contributed by atoms with van der Waals surface area (Å²) in [6.07, 6.45) is -0.683. The van der Waals surface area contributed by atoms with E-state index in [0.29, 0.717) is 5.56 Å². The molecule has 2 N–H and O–H groups in total. The van der Waals surface area contributed by atoms with Crippen LogP contribution in [0.2, 0.25) is 0 Å². The van der Waals surface area contributed by atoms with Gasteiger partial charge in [0.25, 0.3) is 5.91 Å². The Morgan fingerprint density at radius 1 is 1.53 bits per heavy atom. The second-order valence-electron chi connectivity index (χ2n) is 3.84. The molecule has 1 aromatic carbocycles. The van der Waals surface area contributed by atoms with Gasteiger partial charge in [-0.05, 0) is 30.7 Å². The third-order valence-corrected chi connectivity index (χ3v) is 2.62. The molecule has 0 saturated carbocycles. The molecule has 1 unspecified atom stereocenters. The number of aliphatic hydroxyl groups excluding tert-OH is 1. The van der Waals surface area contributed by atoms with E-state index in [9.17, 15) is 9.90 Å². The molecule has 1 aromatic rings. The van der Waals surface area contributed by atoms with Gasteiger partial charge in [0.15, 0.2) is 0 Å². The normalized spacial score (nSPS) is 12.2. The molecular weight excluding hydrogens is 286 g/mol. The van der Waals surface area contributed by atoms with E-state index in [-0.39, 0.29) is 19.1 Å². The van der Waals surface area contributed by atoms with Crippen LogP contribution in [0.1, 0.15) is 15.9 Å². The van der Waals surface area contributed by atoms with Gasteiger partial charge >= 0.3 is 0 Å². The monoisotopic (exact) mass is 301 g/mol. The number of amides is 1. The van der Waals surface area contributed by atoms with Crippen molar-refractivity contribution in [1.82, 2.24) is 5.32 Å². The average molecular weight is 302 g/mol. The summed E-state index contributed by atoms with van der Waals surface area (Å²) in [4.78, 5) is 11.8. The van der Waals surface area contributed by atoms with Crippen LogP contribution in [0.15, 0.2) is 22.7 Å². The second kappa shape index (κ2) is 6.74. The summed E-state index contributed by atoms with van der Waals surface area (Å²) >= 11 is 3.34. The van der Waals surface area contributed by atoms with E-state index in [2.05, 4.69) is 21.2 Å². The Hall–Kier alpha value is -0.910. The second-order valence-corrected chi connectivity index (χ2v) is 4.75. The molecule has 0 spiro atoms. The Balaban J connectivity index is 2.58. The summed E-state index contributed by atoms with van der Waals surface area (Å²) in [6, 6.07) is 5.46. The summed E-state index contributed by atoms with van der Waals surface area (Å²) in [6.45, 7) is 2.30. The Labute approximate surface area is 109 Å². The van der Waals surface area contributed by atoms with Crippen LogP contribution >= 0.6 is 15.9 Å². The fourth-order valence-electron chi connectivity index (χ4n) is 1.43. The van der Waals surface area contributed by atoms with E-state index in [1.165, 1.54) is 7.11 Å². The number of aliphatic hydroxyl groups is 1. The zero-order chi connectivity index (χ0) is 12.8. The van der Waals surface area contributed by atoms with E-state index in [1.54, 1.807) is 12.1 Å². The first-order valence-electron chi connectivity index (χ1n) is 5.25. The summed E-state index contributed by atoms with van der Waals surface area (Å²) in [5.41, 5.74) is 1.57. The molecular formula is C12H16BrNO3. The predicted octanol–water partition coefficient (Wildman–Crippen LogP) is 1.49. The number of ether oxygens (including phenoxy) is 1. The smallest absolute Gasteiger partial charge is 0.251 e. The third-order valence-electron chi connectivity index (χ3n) is 2.16. The first kappa shape index (κ1) is 14.2. The van der Waals surface area contributed by atoms with Crippen LogP contribution in [0.5, 0.6) is 0 Å². The minimum absolute atomic E-state index is 0.179. The average Bonchev–Trinajstić information content (AvgIpc) is 2.25. The lowest BCUT2D eigenvalue weighted by Crippen LogP contribution is -2.34. The molecule has 4 nitrogen and oxygen atoms in total. The van der Waals surface area contributed by atoms with Gasteiger partial charge in [-0.15, -0.1) is 0 Å². The lowest BCUT2D eigenvalue weighted by molar-refractivity contribution is 0.0610. The number of carbonyl (C=O) groups is 1. The number of methoxy groups -OCH3 is 1. The maximum atomic E-state index is 11.8. The van der Waals surface area contributed by atoms with Gasteiger partial charge < -0.3 is 15.2 Å². The Bertz CT molecular complexity index is 375. The highest BCUT2D eigenvalue weighted by Crippen LogP contribution is 2.15. The highest BCUT2D eigenvalue weighted by atomic mass is 79.9. The van der Waals surface area contributed by atoms with Crippen molar-refractivity contribution in [3.8, 4) is 0 Å². The van der Waals surface area contributed by atoms with E-state index in [0.717, 1.165) is 10.0 Å². The number of nitrogens with one attached hydrogen (secondary N) is 1. The van der Waals surface area contributed by atoms with Crippen molar-refractivity contribution in [2.45, 2.75) is 13.0 Å². The Kier molecular flexibility index (Phi) is 5.61. The third kappa shape index (κ3) is 4.85. The molecule has 0 radical (unpaired) electrons. The SMILES string of the molecule is COCC(O)CNC(=O)c1cc(C)cc(Br)c1. The number of aryl methyl sites for hydroxylation is 1. The number of hydrogen-bond donors (Lipinski definition) is 2. The number of carbonyl (C=O) groups excluding carboxylic acids is 1. The number of hydrogen-bond acceptors (Lipinski definition) is 3. The lowest BCUT2D eigenvalue weighted by atomic mass is 10.1. The van der Waals surface area contributed by atoms with Crippen LogP contribution in [-0.4, -0.2) is 37.4 Å². The molecule has 1 rings (SSSR count). The molecule has 5 heteroatoms. The molecule has 0 saturated heterocycles. The van der Waals surface area contributed by atoms with Crippen molar-refractivity contribution in [1.29, 1.82) is 0 Å². The van der Waals surface area contributed by atoms with Crippen LogP contribution in [0.3, 0.4) is 0 Å². The first-order valence-corrected chi connectivity index (χ1v) is 6.04. The Morgan fingerprint density at radius 3 is 2.82 bits per heavy atom. The van der Waals surface area contributed by atoms with Crippen LogP contribution in [-0.2, 0) is 4.74 Å². The van der Waals surface area contributed by atoms with Gasteiger partial charge in [0.2, 0.25) is 0 Å². The van der Waals surface area contributed by atoms with E-state index in [4.69, 9.17) is 4.74 Å². The summed E-state index contributed by atoms with van der Waals surface area (Å²) < 4.78 is 5.63. The van der Waals surface area contributed by atoms with Gasteiger partial charge in [0.1, 0.15) is 0 Å². The van der Waals surface area contributed by atoms with Gasteiger partial charge in [-0.2, -0.15) is 0 Å². The minimum atomic E-state index is -0.683. The highest BCUT2D eigenvalue weighted by molar-refractivity contribution is 9.10. The van der Waals surface area contributed by atoms with Crippen LogP contribution < -0.4 is 5.32 Å². The van der Waals surface area contributed by atoms with Crippen molar-refractivity contribution in [3.05, 3.63) is 33.8 Å². The van der Waals surface area contributed by atoms with Gasteiger partial charge in [0.05, 0.1) is 12.7 Å². The molecule has 0 bridgehead atoms. The highest BCUT2D eigenvalue weighted by Gasteiger charge is 2.09. The zero-order valence-electron chi connectivity index (χ0n) is 9.87. The molecule has 1 atom stereocenters. The maximum absolute atomic E-state index is 11.8. The van der Waals surface area contributed by atoms with Gasteiger partial charge in [0, 0.05) is 23.7 Å². The Morgan fingerprint density at radius 2 is 2.24 bits per heavy atom. The molecule has 94 valence electrons. The summed E-state index contributed by atoms with van der Waals surface area (Å²) in [7, 11) is 1.50. The van der Waals surface area contributed by atoms with Crippen LogP contribution in [0.25, 0.3) is 0 Å². The molecule has 0 aliphatic heterocycles. The zero-order valence-corrected chi connectivity index (χ0v) is 11.5. The summed E-state index contributed by atoms with van der Waals surface area (Å²) in [5.74, 6) is -0.204. The number of benzene rings is 1. The van der Waals surface area contributed by atoms with Crippen molar-refractivity contribution in [3.63, 3.8) is 0 Å². The predicted molar refractivity (Wildman–Crippen MR) is 69.1 cm³/mol. The minimum Gasteiger partial charge on any atom is -0.389 e. The standard InChI is InChI=1S/C12H16BrNO3/c1-8-3-9(5-10(13)4-8)12(16)14-6-11(15)7-17-2/h3-5,11,15H,6-7H2,1-2H3,(H,14,16). The number of halogens is 1. The molecule has 0 fully saturated rings. The maximum Gasteiger partial charge on any atom is 0.251 e. The van der Waals surface area contributed by atoms with Crippen molar-refractivity contribution < 1.29 is 14.6 Å². The van der Waals surface area contributed by atoms with Crippen molar-refractivity contribution >= 4 is 21.8 Å². The largest absolute Gasteiger partial charge is 0.389 e. The van der Waals surface area contributed by atoms with E-state index in [1.807, 2.05) is 13.0 Å². The van der Waals surface area contributed by atoms with Gasteiger partial charge in [-0.1, -0.05) is 15.9 Å². The van der Waals surface area contributed by atoms with Crippen molar-refractivity contribution in [2.24, 2.45) is 0 Å². The van der Waals surface area contributed by atoms with E-state index >= 15 is 0 Å². The molecule has 0 aliphatic carbocycles. The number of rotatable bonds is 5. The fraction of sp³-hybridized carbons (Fsp3) is 0.417. The van der Waals surface area contributed by atoms with E-state index < -0.39 is 6.10 Å². The topological polar surface area (TPSA) is 58.6 Å². The van der Waals surface area contributed by atoms with Crippen LogP contribution in [0, 0.1) is 6.92 Å². The molecule has 0 aliphatic rings. The molecule has 17 heavy (non-hydrogen) atoms. The molecule has 0 aromatic heterocycles. The van der Waals surface area contributed by atoms with Gasteiger partial charge in [-0.25, -0.2) is 0 Å². The molecule has 0 heterocycles. The van der Waals surface area contributed by atoms with Crippen LogP contribution in [0.4, 0.5) is 0 Å². The summed E-state index contributed by atoms with van der Waals surface area (Å²) in [5, 5.41) is 12.1. The molecule has 1 amide bonds. The van der Waals surface area contributed by atoms with Crippen molar-refractivity contribution in [2.75, 3.05) is 20.3 Å². The quantitative estimate of drug-likeness (QED) is 0.866. The fourth-order valence-corrected chi connectivity index (χ4v) is 2.04.